The van der Waals surface area contributed by atoms with Crippen LogP contribution in [0.5, 0.6) is 0 Å². The molecule has 2 unspecified atom stereocenters. The molecule has 0 spiro atoms. The molecule has 0 amide bonds. The molecule has 1 aromatic heterocycles. The van der Waals surface area contributed by atoms with Crippen molar-refractivity contribution in [2.24, 2.45) is 0 Å². The molecule has 0 radical (unpaired) electrons. The minimum absolute atomic E-state index is 0.192. The number of pyridine rings is 1. The molecule has 0 fully saturated rings. The molecular formula is C17H17Cl3N2O3S. The van der Waals surface area contributed by atoms with Gasteiger partial charge >= 0.3 is 10.3 Å². The van der Waals surface area contributed by atoms with Crippen LogP contribution in [0.4, 0.5) is 0 Å². The molecule has 1 N–H and O–H groups in total. The molecule has 0 saturated heterocycles. The van der Waals surface area contributed by atoms with Gasteiger partial charge in [0, 0.05) is 24.4 Å². The van der Waals surface area contributed by atoms with Gasteiger partial charge in [0.05, 0.1) is 0 Å². The Morgan fingerprint density at radius 3 is 2.38 bits per heavy atom. The van der Waals surface area contributed by atoms with Gasteiger partial charge in [-0.25, -0.2) is 0 Å². The van der Waals surface area contributed by atoms with E-state index in [1.165, 1.54) is 0 Å². The number of rotatable bonds is 5. The fourth-order valence-corrected chi connectivity index (χ4v) is 4.56. The van der Waals surface area contributed by atoms with Crippen molar-refractivity contribution >= 4 is 45.1 Å². The highest BCUT2D eigenvalue weighted by atomic mass is 35.6. The van der Waals surface area contributed by atoms with E-state index in [-0.39, 0.29) is 5.92 Å². The number of halogens is 3. The first-order valence-electron chi connectivity index (χ1n) is 7.97. The molecule has 5 nitrogen and oxygen atoms in total. The molecule has 0 saturated carbocycles. The van der Waals surface area contributed by atoms with E-state index in [9.17, 15) is 8.42 Å². The van der Waals surface area contributed by atoms with Gasteiger partial charge in [-0.1, -0.05) is 59.1 Å². The van der Waals surface area contributed by atoms with Crippen LogP contribution < -0.4 is 4.72 Å². The first kappa shape index (κ1) is 19.9. The summed E-state index contributed by atoms with van der Waals surface area (Å²) in [6.07, 6.45) is 4.94. The Morgan fingerprint density at radius 1 is 1.08 bits per heavy atom. The Balaban J connectivity index is 1.82. The van der Waals surface area contributed by atoms with Crippen LogP contribution in [0.1, 0.15) is 41.5 Å². The molecule has 140 valence electrons. The molecule has 9 heteroatoms. The van der Waals surface area contributed by atoms with Gasteiger partial charge in [0.25, 0.3) is 0 Å². The lowest BCUT2D eigenvalue weighted by Crippen LogP contribution is -2.34. The predicted molar refractivity (Wildman–Crippen MR) is 103 cm³/mol. The second kappa shape index (κ2) is 8.00. The van der Waals surface area contributed by atoms with Crippen molar-refractivity contribution in [3.63, 3.8) is 0 Å². The molecule has 2 atom stereocenters. The average Bonchev–Trinajstić information content (AvgIpc) is 2.60. The highest BCUT2D eigenvalue weighted by Crippen LogP contribution is 2.41. The van der Waals surface area contributed by atoms with Gasteiger partial charge in [-0.3, -0.25) is 9.17 Å². The topological polar surface area (TPSA) is 68.3 Å². The molecular weight excluding hydrogens is 419 g/mol. The van der Waals surface area contributed by atoms with E-state index in [0.29, 0.717) is 6.42 Å². The Hall–Kier alpha value is -0.890. The number of benzene rings is 1. The van der Waals surface area contributed by atoms with Crippen LogP contribution in [0.2, 0.25) is 0 Å². The minimum Gasteiger partial charge on any atom is -0.265 e. The molecule has 0 bridgehead atoms. The first-order chi connectivity index (χ1) is 12.3. The summed E-state index contributed by atoms with van der Waals surface area (Å²) >= 11 is 16.7. The fraction of sp³-hybridized carbons (Fsp3) is 0.353. The van der Waals surface area contributed by atoms with Crippen LogP contribution in [0.15, 0.2) is 48.8 Å². The maximum Gasteiger partial charge on any atom is 0.336 e. The molecule has 26 heavy (non-hydrogen) atoms. The summed E-state index contributed by atoms with van der Waals surface area (Å²) in [5, 5.41) is 0. The van der Waals surface area contributed by atoms with E-state index in [1.54, 1.807) is 12.4 Å². The fourth-order valence-electron chi connectivity index (χ4n) is 3.21. The molecule has 0 aliphatic heterocycles. The number of aromatic nitrogens is 1. The van der Waals surface area contributed by atoms with E-state index < -0.39 is 26.7 Å². The number of hydrogen-bond donors (Lipinski definition) is 1. The maximum atomic E-state index is 12.2. The van der Waals surface area contributed by atoms with E-state index in [1.807, 2.05) is 36.4 Å². The number of nitrogens with zero attached hydrogens (tertiary/aromatic N) is 1. The molecule has 1 aliphatic rings. The van der Waals surface area contributed by atoms with Gasteiger partial charge in [-0.05, 0) is 41.7 Å². The Morgan fingerprint density at radius 2 is 1.73 bits per heavy atom. The number of hydrogen-bond acceptors (Lipinski definition) is 4. The summed E-state index contributed by atoms with van der Waals surface area (Å²) in [6.45, 7) is -0.555. The normalized spacial score (nSPS) is 20.6. The smallest absolute Gasteiger partial charge is 0.265 e. The highest BCUT2D eigenvalue weighted by Gasteiger charge is 2.32. The van der Waals surface area contributed by atoms with Crippen LogP contribution >= 0.6 is 34.8 Å². The zero-order valence-corrected chi connectivity index (χ0v) is 16.7. The second-order valence-electron chi connectivity index (χ2n) is 6.04. The third kappa shape index (κ3) is 5.09. The quantitative estimate of drug-likeness (QED) is 0.712. The summed E-state index contributed by atoms with van der Waals surface area (Å²) in [7, 11) is -4.05. The van der Waals surface area contributed by atoms with E-state index in [4.69, 9.17) is 39.0 Å². The maximum absolute atomic E-state index is 12.2. The lowest BCUT2D eigenvalue weighted by molar-refractivity contribution is 0.310. The van der Waals surface area contributed by atoms with Gasteiger partial charge in [0.1, 0.15) is 6.61 Å². The third-order valence-corrected chi connectivity index (χ3v) is 5.59. The molecule has 3 rings (SSSR count). The monoisotopic (exact) mass is 434 g/mol. The van der Waals surface area contributed by atoms with Gasteiger partial charge in [0.2, 0.25) is 3.79 Å². The number of nitrogens with one attached hydrogen (secondary N) is 1. The second-order valence-corrected chi connectivity index (χ2v) is 9.94. The number of fused-ring (bicyclic) bond motifs is 1. The van der Waals surface area contributed by atoms with Crippen molar-refractivity contribution in [3.8, 4) is 0 Å². The predicted octanol–water partition coefficient (Wildman–Crippen LogP) is 4.27. The summed E-state index contributed by atoms with van der Waals surface area (Å²) in [6, 6.07) is 11.3. The molecule has 1 aliphatic carbocycles. The van der Waals surface area contributed by atoms with Crippen molar-refractivity contribution in [2.45, 2.75) is 28.6 Å². The third-order valence-electron chi connectivity index (χ3n) is 4.26. The van der Waals surface area contributed by atoms with Crippen LogP contribution in [-0.4, -0.2) is 23.8 Å². The van der Waals surface area contributed by atoms with E-state index in [2.05, 4.69) is 9.71 Å². The molecule has 1 aromatic carbocycles. The van der Waals surface area contributed by atoms with Crippen molar-refractivity contribution in [3.05, 3.63) is 65.5 Å². The highest BCUT2D eigenvalue weighted by molar-refractivity contribution is 7.84. The van der Waals surface area contributed by atoms with Crippen molar-refractivity contribution in [1.29, 1.82) is 0 Å². The van der Waals surface area contributed by atoms with Crippen LogP contribution in [0, 0.1) is 0 Å². The summed E-state index contributed by atoms with van der Waals surface area (Å²) < 4.78 is 29.9. The largest absolute Gasteiger partial charge is 0.336 e. The Bertz CT molecular complexity index is 857. The van der Waals surface area contributed by atoms with E-state index in [0.717, 1.165) is 23.1 Å². The zero-order chi connectivity index (χ0) is 18.8. The van der Waals surface area contributed by atoms with E-state index >= 15 is 0 Å². The SMILES string of the molecule is O=S(=O)(NC1CCC(c2ccncc2)c2ccccc21)OCC(Cl)(Cl)Cl. The summed E-state index contributed by atoms with van der Waals surface area (Å²) in [4.78, 5) is 4.06. The van der Waals surface area contributed by atoms with Gasteiger partial charge in [-0.15, -0.1) is 0 Å². The van der Waals surface area contributed by atoms with Crippen LogP contribution in [0.3, 0.4) is 0 Å². The molecule has 1 heterocycles. The Labute approximate surface area is 167 Å². The van der Waals surface area contributed by atoms with Crippen molar-refractivity contribution in [1.82, 2.24) is 9.71 Å². The first-order valence-corrected chi connectivity index (χ1v) is 10.5. The van der Waals surface area contributed by atoms with Crippen LogP contribution in [-0.2, 0) is 14.5 Å². The van der Waals surface area contributed by atoms with Gasteiger partial charge in [-0.2, -0.15) is 13.1 Å². The minimum atomic E-state index is -4.05. The lowest BCUT2D eigenvalue weighted by atomic mass is 9.77. The lowest BCUT2D eigenvalue weighted by Gasteiger charge is -2.32. The number of alkyl halides is 3. The van der Waals surface area contributed by atoms with Gasteiger partial charge in [0.15, 0.2) is 0 Å². The van der Waals surface area contributed by atoms with Gasteiger partial charge < -0.3 is 0 Å². The molecule has 2 aromatic rings. The Kier molecular flexibility index (Phi) is 6.11. The standard InChI is InChI=1S/C17H17Cl3N2O3S/c18-17(19,20)11-25-26(23,24)22-16-6-5-13(12-7-9-21-10-8-12)14-3-1-2-4-15(14)16/h1-4,7-10,13,16,22H,5-6,11H2. The van der Waals surface area contributed by atoms with Crippen molar-refractivity contribution in [2.75, 3.05) is 6.61 Å². The average molecular weight is 436 g/mol. The summed E-state index contributed by atoms with van der Waals surface area (Å²) in [5.41, 5.74) is 3.15. The zero-order valence-electron chi connectivity index (χ0n) is 13.6. The van der Waals surface area contributed by atoms with Crippen molar-refractivity contribution < 1.29 is 12.6 Å². The summed E-state index contributed by atoms with van der Waals surface area (Å²) in [5.74, 6) is 0.192. The van der Waals surface area contributed by atoms with Crippen LogP contribution in [0.25, 0.3) is 0 Å².